The van der Waals surface area contributed by atoms with E-state index in [4.69, 9.17) is 4.74 Å². The van der Waals surface area contributed by atoms with Gasteiger partial charge < -0.3 is 9.64 Å². The Morgan fingerprint density at radius 2 is 1.54 bits per heavy atom. The van der Waals surface area contributed by atoms with Crippen molar-refractivity contribution in [2.75, 3.05) is 4.90 Å². The van der Waals surface area contributed by atoms with Gasteiger partial charge in [0.25, 0.3) is 0 Å². The molecule has 2 aliphatic rings. The van der Waals surface area contributed by atoms with Crippen molar-refractivity contribution < 1.29 is 4.74 Å². The molecule has 35 heavy (non-hydrogen) atoms. The van der Waals surface area contributed by atoms with E-state index in [1.165, 1.54) is 49.8 Å². The molecule has 0 bridgehead atoms. The molecule has 0 radical (unpaired) electrons. The molecular formula is C33H33NO. The lowest BCUT2D eigenvalue weighted by Gasteiger charge is -2.46. The Bertz CT molecular complexity index is 1480. The number of ether oxygens (including phenoxy) is 1. The summed E-state index contributed by atoms with van der Waals surface area (Å²) < 4.78 is 6.97. The average Bonchev–Trinajstić information content (AvgIpc) is 2.82. The van der Waals surface area contributed by atoms with Crippen molar-refractivity contribution in [3.05, 3.63) is 106 Å². The maximum absolute atomic E-state index is 6.97. The van der Waals surface area contributed by atoms with Gasteiger partial charge in [-0.2, -0.15) is 0 Å². The van der Waals surface area contributed by atoms with Crippen molar-refractivity contribution in [3.8, 4) is 5.75 Å². The van der Waals surface area contributed by atoms with Crippen LogP contribution < -0.4 is 9.64 Å². The largest absolute Gasteiger partial charge is 0.480 e. The molecule has 0 N–H and O–H groups in total. The number of benzene rings is 4. The molecule has 1 heterocycles. The van der Waals surface area contributed by atoms with Gasteiger partial charge in [-0.3, -0.25) is 0 Å². The molecule has 0 amide bonds. The summed E-state index contributed by atoms with van der Waals surface area (Å²) >= 11 is 0. The zero-order valence-electron chi connectivity index (χ0n) is 21.5. The van der Waals surface area contributed by atoms with E-state index in [9.17, 15) is 0 Å². The minimum absolute atomic E-state index is 0.0741. The quantitative estimate of drug-likeness (QED) is 0.282. The smallest absolute Gasteiger partial charge is 0.152 e. The summed E-state index contributed by atoms with van der Waals surface area (Å²) in [4.78, 5) is 2.54. The third-order valence-corrected chi connectivity index (χ3v) is 7.67. The summed E-state index contributed by atoms with van der Waals surface area (Å²) in [6, 6.07) is 24.5. The van der Waals surface area contributed by atoms with Crippen LogP contribution in [0.5, 0.6) is 5.75 Å². The lowest BCUT2D eigenvalue weighted by Crippen LogP contribution is -2.43. The van der Waals surface area contributed by atoms with Gasteiger partial charge >= 0.3 is 0 Å². The highest BCUT2D eigenvalue weighted by Crippen LogP contribution is 2.52. The molecule has 0 fully saturated rings. The van der Waals surface area contributed by atoms with Crippen LogP contribution in [0.4, 0.5) is 11.4 Å². The molecule has 1 aliphatic carbocycles. The Balaban J connectivity index is 1.65. The molecule has 2 nitrogen and oxygen atoms in total. The second kappa shape index (κ2) is 7.75. The number of nitrogens with zero attached hydrogens (tertiary/aromatic N) is 1. The van der Waals surface area contributed by atoms with E-state index < -0.39 is 0 Å². The molecule has 2 atom stereocenters. The second-order valence-electron chi connectivity index (χ2n) is 11.2. The molecule has 4 aromatic rings. The Morgan fingerprint density at radius 1 is 0.800 bits per heavy atom. The minimum atomic E-state index is -0.0741. The normalized spacial score (nSPS) is 18.6. The number of rotatable bonds is 1. The van der Waals surface area contributed by atoms with Gasteiger partial charge in [-0.05, 0) is 65.5 Å². The fourth-order valence-corrected chi connectivity index (χ4v) is 5.91. The lowest BCUT2D eigenvalue weighted by molar-refractivity contribution is 0.178. The summed E-state index contributed by atoms with van der Waals surface area (Å²) in [5, 5.41) is 2.43. The van der Waals surface area contributed by atoms with Gasteiger partial charge in [-0.15, -0.1) is 0 Å². The van der Waals surface area contributed by atoms with Crippen LogP contribution in [-0.4, -0.2) is 6.04 Å². The fourth-order valence-electron chi connectivity index (χ4n) is 5.91. The van der Waals surface area contributed by atoms with Crippen LogP contribution >= 0.6 is 0 Å². The topological polar surface area (TPSA) is 12.5 Å². The van der Waals surface area contributed by atoms with Gasteiger partial charge in [-0.1, -0.05) is 93.6 Å². The molecule has 0 saturated heterocycles. The van der Waals surface area contributed by atoms with Gasteiger partial charge in [-0.25, -0.2) is 0 Å². The van der Waals surface area contributed by atoms with Gasteiger partial charge in [0.05, 0.1) is 11.7 Å². The molecule has 0 aromatic heterocycles. The van der Waals surface area contributed by atoms with Gasteiger partial charge in [0.2, 0.25) is 0 Å². The summed E-state index contributed by atoms with van der Waals surface area (Å²) in [5.74, 6) is 0.991. The Hall–Kier alpha value is -3.52. The zero-order valence-corrected chi connectivity index (χ0v) is 21.5. The van der Waals surface area contributed by atoms with E-state index in [0.29, 0.717) is 0 Å². The number of aryl methyl sites for hydroxylation is 3. The predicted molar refractivity (Wildman–Crippen MR) is 148 cm³/mol. The molecule has 6 rings (SSSR count). The van der Waals surface area contributed by atoms with Crippen molar-refractivity contribution in [2.24, 2.45) is 0 Å². The first kappa shape index (κ1) is 22.0. The van der Waals surface area contributed by atoms with Crippen molar-refractivity contribution in [3.63, 3.8) is 0 Å². The average molecular weight is 460 g/mol. The van der Waals surface area contributed by atoms with Crippen molar-refractivity contribution in [1.82, 2.24) is 0 Å². The van der Waals surface area contributed by atoms with Crippen molar-refractivity contribution >= 4 is 28.2 Å². The van der Waals surface area contributed by atoms with Crippen LogP contribution in [0.3, 0.4) is 0 Å². The van der Waals surface area contributed by atoms with Crippen LogP contribution in [0.2, 0.25) is 0 Å². The highest BCUT2D eigenvalue weighted by molar-refractivity contribution is 5.98. The predicted octanol–water partition coefficient (Wildman–Crippen LogP) is 8.73. The standard InChI is InChI=1S/C33H33NO/c1-20-10-9-12-24-15-17-28-32(29(20)24)35-31-26-13-8-7-11-23(26)14-16-27(31)34(28)30-21(2)18-25(19-22(30)3)33(4,5)6/h7-19,27,31H,1-6H3. The molecule has 1 aliphatic heterocycles. The maximum atomic E-state index is 6.97. The first-order chi connectivity index (χ1) is 16.7. The number of anilines is 2. The van der Waals surface area contributed by atoms with E-state index in [-0.39, 0.29) is 17.6 Å². The first-order valence-corrected chi connectivity index (χ1v) is 12.6. The number of fused-ring (bicyclic) bond motifs is 6. The van der Waals surface area contributed by atoms with Crippen LogP contribution in [0.25, 0.3) is 16.8 Å². The summed E-state index contributed by atoms with van der Waals surface area (Å²) in [5.41, 5.74) is 10.3. The summed E-state index contributed by atoms with van der Waals surface area (Å²) in [7, 11) is 0. The van der Waals surface area contributed by atoms with E-state index in [1.807, 2.05) is 0 Å². The zero-order chi connectivity index (χ0) is 24.5. The SMILES string of the molecule is Cc1cc(C(C)(C)C)cc(C)c1N1c2ccc3cccc(C)c3c2OC2c3ccccc3C=CC21. The van der Waals surface area contributed by atoms with Gasteiger partial charge in [0, 0.05) is 16.6 Å². The van der Waals surface area contributed by atoms with Crippen LogP contribution in [0.15, 0.2) is 72.8 Å². The van der Waals surface area contributed by atoms with Crippen molar-refractivity contribution in [2.45, 2.75) is 59.1 Å². The Kier molecular flexibility index (Phi) is 4.86. The number of hydrogen-bond acceptors (Lipinski definition) is 2. The highest BCUT2D eigenvalue weighted by Gasteiger charge is 2.40. The molecule has 4 aromatic carbocycles. The van der Waals surface area contributed by atoms with E-state index >= 15 is 0 Å². The van der Waals surface area contributed by atoms with Crippen LogP contribution in [-0.2, 0) is 5.41 Å². The monoisotopic (exact) mass is 459 g/mol. The second-order valence-corrected chi connectivity index (χ2v) is 11.2. The molecule has 2 heteroatoms. The van der Waals surface area contributed by atoms with Crippen LogP contribution in [0.1, 0.15) is 60.3 Å². The van der Waals surface area contributed by atoms with E-state index in [1.54, 1.807) is 0 Å². The molecule has 0 saturated carbocycles. The van der Waals surface area contributed by atoms with Gasteiger partial charge in [0.15, 0.2) is 5.75 Å². The Morgan fingerprint density at radius 3 is 2.29 bits per heavy atom. The minimum Gasteiger partial charge on any atom is -0.480 e. The summed E-state index contributed by atoms with van der Waals surface area (Å²) in [6.07, 6.45) is 4.52. The molecule has 2 unspecified atom stereocenters. The number of hydrogen-bond donors (Lipinski definition) is 0. The molecule has 176 valence electrons. The van der Waals surface area contributed by atoms with Crippen LogP contribution in [0, 0.1) is 20.8 Å². The van der Waals surface area contributed by atoms with Crippen molar-refractivity contribution in [1.29, 1.82) is 0 Å². The third-order valence-electron chi connectivity index (χ3n) is 7.67. The maximum Gasteiger partial charge on any atom is 0.152 e. The first-order valence-electron chi connectivity index (χ1n) is 12.6. The lowest BCUT2D eigenvalue weighted by atomic mass is 9.83. The third kappa shape index (κ3) is 3.38. The Labute approximate surface area is 208 Å². The van der Waals surface area contributed by atoms with Gasteiger partial charge in [0.1, 0.15) is 6.10 Å². The van der Waals surface area contributed by atoms with E-state index in [0.717, 1.165) is 11.4 Å². The molecule has 0 spiro atoms. The highest BCUT2D eigenvalue weighted by atomic mass is 16.5. The molecular weight excluding hydrogens is 426 g/mol. The van der Waals surface area contributed by atoms with E-state index in [2.05, 4.69) is 125 Å². The fraction of sp³-hybridized carbons (Fsp3) is 0.273. The summed E-state index contributed by atoms with van der Waals surface area (Å²) in [6.45, 7) is 13.6.